The third kappa shape index (κ3) is 4.03. The van der Waals surface area contributed by atoms with Gasteiger partial charge in [-0.2, -0.15) is 5.10 Å². The molecule has 33 heavy (non-hydrogen) atoms. The molecule has 4 aromatic rings. The summed E-state index contributed by atoms with van der Waals surface area (Å²) in [6, 6.07) is 10.5. The van der Waals surface area contributed by atoms with Crippen LogP contribution < -0.4 is 10.6 Å². The first-order valence-electron chi connectivity index (χ1n) is 10.6. The first kappa shape index (κ1) is 21.0. The third-order valence-corrected chi connectivity index (χ3v) is 6.92. The maximum Gasteiger partial charge on any atom is 0.274 e. The number of aromatic nitrogens is 2. The second kappa shape index (κ2) is 8.59. The number of fused-ring (bicyclic) bond motifs is 1. The number of rotatable bonds is 6. The molecule has 0 spiro atoms. The zero-order valence-corrected chi connectivity index (χ0v) is 18.7. The number of aromatic hydroxyl groups is 1. The van der Waals surface area contributed by atoms with Gasteiger partial charge in [0.1, 0.15) is 22.2 Å². The van der Waals surface area contributed by atoms with E-state index in [1.165, 1.54) is 11.3 Å². The maximum absolute atomic E-state index is 13.0. The Morgan fingerprint density at radius 1 is 1.21 bits per heavy atom. The number of hydrogen-bond donors (Lipinski definition) is 4. The molecule has 0 unspecified atom stereocenters. The van der Waals surface area contributed by atoms with E-state index in [2.05, 4.69) is 20.8 Å². The van der Waals surface area contributed by atoms with Gasteiger partial charge >= 0.3 is 0 Å². The van der Waals surface area contributed by atoms with Crippen LogP contribution in [0.4, 0.5) is 5.00 Å². The summed E-state index contributed by atoms with van der Waals surface area (Å²) in [5.74, 6) is 0.142. The third-order valence-electron chi connectivity index (χ3n) is 5.71. The summed E-state index contributed by atoms with van der Waals surface area (Å²) in [5, 5.41) is 23.5. The number of carbonyl (C=O) groups is 2. The summed E-state index contributed by atoms with van der Waals surface area (Å²) in [6.45, 7) is 2.07. The van der Waals surface area contributed by atoms with Crippen LogP contribution in [0, 0.1) is 6.92 Å². The lowest BCUT2D eigenvalue weighted by atomic mass is 10.1. The smallest absolute Gasteiger partial charge is 0.274 e. The lowest BCUT2D eigenvalue weighted by molar-refractivity contribution is 0.0948. The topological polar surface area (TPSA) is 120 Å². The summed E-state index contributed by atoms with van der Waals surface area (Å²) < 4.78 is 5.29. The van der Waals surface area contributed by atoms with Crippen molar-refractivity contribution in [1.82, 2.24) is 15.5 Å². The number of anilines is 1. The number of phenols is 1. The molecular weight excluding hydrogens is 440 g/mol. The van der Waals surface area contributed by atoms with E-state index in [0.29, 0.717) is 27.6 Å². The number of amides is 2. The number of aryl methyl sites for hydroxylation is 2. The van der Waals surface area contributed by atoms with Gasteiger partial charge in [-0.15, -0.1) is 11.3 Å². The Kier molecular flexibility index (Phi) is 5.47. The first-order valence-corrected chi connectivity index (χ1v) is 11.4. The van der Waals surface area contributed by atoms with Gasteiger partial charge in [0.25, 0.3) is 11.8 Å². The van der Waals surface area contributed by atoms with Gasteiger partial charge in [-0.25, -0.2) is 0 Å². The van der Waals surface area contributed by atoms with Crippen molar-refractivity contribution in [2.24, 2.45) is 0 Å². The molecule has 4 N–H and O–H groups in total. The monoisotopic (exact) mass is 462 g/mol. The number of furan rings is 1. The Labute approximate surface area is 193 Å². The molecular formula is C24H22N4O4S. The number of phenolic OH excluding ortho intramolecular Hbond substituents is 1. The van der Waals surface area contributed by atoms with Crippen LogP contribution in [0.5, 0.6) is 5.75 Å². The van der Waals surface area contributed by atoms with Crippen LogP contribution in [0.15, 0.2) is 47.1 Å². The first-order chi connectivity index (χ1) is 16.0. The lowest BCUT2D eigenvalue weighted by Crippen LogP contribution is -2.25. The van der Waals surface area contributed by atoms with E-state index in [1.807, 2.05) is 6.07 Å². The molecule has 2 amide bonds. The highest BCUT2D eigenvalue weighted by Crippen LogP contribution is 2.39. The molecule has 1 aliphatic rings. The Balaban J connectivity index is 1.37. The van der Waals surface area contributed by atoms with E-state index in [0.717, 1.165) is 35.3 Å². The molecule has 0 fully saturated rings. The Morgan fingerprint density at radius 2 is 2.09 bits per heavy atom. The fraction of sp³-hybridized carbons (Fsp3) is 0.208. The van der Waals surface area contributed by atoms with E-state index in [9.17, 15) is 14.7 Å². The summed E-state index contributed by atoms with van der Waals surface area (Å²) in [6.07, 6.45) is 4.27. The van der Waals surface area contributed by atoms with Crippen LogP contribution in [0.25, 0.3) is 11.3 Å². The second-order valence-corrected chi connectivity index (χ2v) is 9.02. The second-order valence-electron chi connectivity index (χ2n) is 7.92. The highest BCUT2D eigenvalue weighted by molar-refractivity contribution is 7.17. The predicted octanol–water partition coefficient (Wildman–Crippen LogP) is 4.42. The van der Waals surface area contributed by atoms with Gasteiger partial charge in [0, 0.05) is 10.4 Å². The van der Waals surface area contributed by atoms with Crippen molar-refractivity contribution in [3.63, 3.8) is 0 Å². The highest BCUT2D eigenvalue weighted by atomic mass is 32.1. The number of carbonyl (C=O) groups excluding carboxylic acids is 2. The van der Waals surface area contributed by atoms with Crippen molar-refractivity contribution in [3.05, 3.63) is 75.7 Å². The summed E-state index contributed by atoms with van der Waals surface area (Å²) >= 11 is 1.44. The average molecular weight is 463 g/mol. The van der Waals surface area contributed by atoms with E-state index in [4.69, 9.17) is 4.42 Å². The van der Waals surface area contributed by atoms with Gasteiger partial charge < -0.3 is 20.2 Å². The van der Waals surface area contributed by atoms with Crippen LogP contribution >= 0.6 is 11.3 Å². The molecule has 168 valence electrons. The Morgan fingerprint density at radius 3 is 2.91 bits per heavy atom. The standard InChI is InChI=1S/C24H22N4O4S/c1-13-5-2-7-15(21(13)29)17-11-18(28-27-17)22(30)26-24-20(16-8-3-9-19(16)33-24)23(31)25-12-14-6-4-10-32-14/h2,4-7,10-11,29H,3,8-9,12H2,1H3,(H,25,31)(H,26,30)(H,27,28). The summed E-state index contributed by atoms with van der Waals surface area (Å²) in [4.78, 5) is 27.1. The van der Waals surface area contributed by atoms with Crippen LogP contribution in [0.3, 0.4) is 0 Å². The highest BCUT2D eigenvalue weighted by Gasteiger charge is 2.28. The number of aromatic amines is 1. The molecule has 9 heteroatoms. The number of nitrogens with zero attached hydrogens (tertiary/aromatic N) is 1. The van der Waals surface area contributed by atoms with Crippen molar-refractivity contribution in [2.75, 3.05) is 5.32 Å². The molecule has 0 saturated carbocycles. The summed E-state index contributed by atoms with van der Waals surface area (Å²) in [7, 11) is 0. The molecule has 1 aromatic carbocycles. The van der Waals surface area contributed by atoms with E-state index >= 15 is 0 Å². The molecule has 0 radical (unpaired) electrons. The molecule has 5 rings (SSSR count). The molecule has 0 atom stereocenters. The molecule has 8 nitrogen and oxygen atoms in total. The molecule has 0 aliphatic heterocycles. The zero-order valence-electron chi connectivity index (χ0n) is 17.9. The number of nitrogens with one attached hydrogen (secondary N) is 3. The van der Waals surface area contributed by atoms with E-state index < -0.39 is 5.91 Å². The van der Waals surface area contributed by atoms with Crippen molar-refractivity contribution < 1.29 is 19.1 Å². The van der Waals surface area contributed by atoms with Crippen molar-refractivity contribution >= 4 is 28.2 Å². The van der Waals surface area contributed by atoms with Gasteiger partial charge in [0.05, 0.1) is 24.1 Å². The SMILES string of the molecule is Cc1cccc(-c2cc(C(=O)Nc3sc4c(c3C(=O)NCc3ccco3)CCC4)[nH]n2)c1O. The van der Waals surface area contributed by atoms with Gasteiger partial charge in [-0.05, 0) is 61.6 Å². The molecule has 3 heterocycles. The molecule has 1 aliphatic carbocycles. The quantitative estimate of drug-likeness (QED) is 0.338. The number of thiophene rings is 1. The number of H-pyrrole nitrogens is 1. The lowest BCUT2D eigenvalue weighted by Gasteiger charge is -2.08. The normalized spacial score (nSPS) is 12.5. The Bertz CT molecular complexity index is 1340. The fourth-order valence-corrected chi connectivity index (χ4v) is 5.30. The average Bonchev–Trinajstić information content (AvgIpc) is 3.58. The van der Waals surface area contributed by atoms with E-state index in [-0.39, 0.29) is 23.9 Å². The van der Waals surface area contributed by atoms with Crippen molar-refractivity contribution in [2.45, 2.75) is 32.7 Å². The molecule has 0 saturated heterocycles. The minimum absolute atomic E-state index is 0.126. The predicted molar refractivity (Wildman–Crippen MR) is 125 cm³/mol. The van der Waals surface area contributed by atoms with Gasteiger partial charge in [-0.1, -0.05) is 12.1 Å². The maximum atomic E-state index is 13.0. The minimum atomic E-state index is -0.402. The number of benzene rings is 1. The van der Waals surface area contributed by atoms with Crippen molar-refractivity contribution in [3.8, 4) is 17.0 Å². The number of para-hydroxylation sites is 1. The number of hydrogen-bond acceptors (Lipinski definition) is 6. The minimum Gasteiger partial charge on any atom is -0.507 e. The van der Waals surface area contributed by atoms with Crippen LogP contribution in [-0.2, 0) is 19.4 Å². The van der Waals surface area contributed by atoms with Crippen LogP contribution in [-0.4, -0.2) is 27.1 Å². The molecule has 0 bridgehead atoms. The zero-order chi connectivity index (χ0) is 22.9. The largest absolute Gasteiger partial charge is 0.507 e. The van der Waals surface area contributed by atoms with Gasteiger partial charge in [0.15, 0.2) is 0 Å². The van der Waals surface area contributed by atoms with Crippen LogP contribution in [0.2, 0.25) is 0 Å². The van der Waals surface area contributed by atoms with Crippen molar-refractivity contribution in [1.29, 1.82) is 0 Å². The van der Waals surface area contributed by atoms with E-state index in [1.54, 1.807) is 43.5 Å². The Hall–Kier alpha value is -3.85. The summed E-state index contributed by atoms with van der Waals surface area (Å²) in [5.41, 5.74) is 3.48. The van der Waals surface area contributed by atoms with Gasteiger partial charge in [-0.3, -0.25) is 14.7 Å². The van der Waals surface area contributed by atoms with Gasteiger partial charge in [0.2, 0.25) is 0 Å². The fourth-order valence-electron chi connectivity index (χ4n) is 4.01. The molecule has 3 aromatic heterocycles. The van der Waals surface area contributed by atoms with Crippen LogP contribution in [0.1, 0.15) is 49.0 Å².